The maximum atomic E-state index is 12.2. The van der Waals surface area contributed by atoms with Crippen molar-refractivity contribution in [1.82, 2.24) is 9.97 Å². The second-order valence-electron chi connectivity index (χ2n) is 7.57. The summed E-state index contributed by atoms with van der Waals surface area (Å²) in [6.45, 7) is 3.91. The second kappa shape index (κ2) is 8.55. The van der Waals surface area contributed by atoms with E-state index in [-0.39, 0.29) is 24.6 Å². The molecule has 1 N–H and O–H groups in total. The molecule has 0 radical (unpaired) electrons. The number of H-pyrrole nitrogens is 1. The average Bonchev–Trinajstić information content (AvgIpc) is 2.73. The van der Waals surface area contributed by atoms with Crippen molar-refractivity contribution >= 4 is 27.8 Å². The lowest BCUT2D eigenvalue weighted by molar-refractivity contribution is -0.145. The predicted molar refractivity (Wildman–Crippen MR) is 117 cm³/mol. The Kier molecular flexibility index (Phi) is 5.66. The Morgan fingerprint density at radius 2 is 1.84 bits per heavy atom. The number of aryl methyl sites for hydroxylation is 3. The fraction of sp³-hybridized carbons (Fsp3) is 0.250. The molecular formula is C24H22N2O5. The number of rotatable bonds is 6. The molecule has 2 heterocycles. The van der Waals surface area contributed by atoms with Gasteiger partial charge in [0.2, 0.25) is 0 Å². The molecule has 0 aliphatic carbocycles. The third-order valence-corrected chi connectivity index (χ3v) is 5.29. The van der Waals surface area contributed by atoms with Crippen LogP contribution in [-0.2, 0) is 22.6 Å². The van der Waals surface area contributed by atoms with Gasteiger partial charge in [-0.2, -0.15) is 0 Å². The monoisotopic (exact) mass is 418 g/mol. The largest absolute Gasteiger partial charge is 0.461 e. The van der Waals surface area contributed by atoms with Gasteiger partial charge in [0.1, 0.15) is 18.0 Å². The Morgan fingerprint density at radius 3 is 2.68 bits per heavy atom. The third-order valence-electron chi connectivity index (χ3n) is 5.29. The van der Waals surface area contributed by atoms with Gasteiger partial charge in [-0.1, -0.05) is 12.1 Å². The predicted octanol–water partition coefficient (Wildman–Crippen LogP) is 3.71. The molecule has 4 aromatic rings. The minimum absolute atomic E-state index is 0.00546. The molecule has 7 nitrogen and oxygen atoms in total. The van der Waals surface area contributed by atoms with E-state index in [0.717, 1.165) is 16.5 Å². The molecule has 4 rings (SSSR count). The number of aromatic amines is 1. The van der Waals surface area contributed by atoms with Gasteiger partial charge in [0.05, 0.1) is 10.9 Å². The Morgan fingerprint density at radius 1 is 1.06 bits per heavy atom. The van der Waals surface area contributed by atoms with Gasteiger partial charge >= 0.3 is 11.6 Å². The number of para-hydroxylation sites is 1. The fourth-order valence-electron chi connectivity index (χ4n) is 3.49. The van der Waals surface area contributed by atoms with Crippen LogP contribution in [0.15, 0.2) is 56.5 Å². The van der Waals surface area contributed by atoms with Crippen molar-refractivity contribution in [1.29, 1.82) is 0 Å². The van der Waals surface area contributed by atoms with Crippen molar-refractivity contribution < 1.29 is 13.9 Å². The molecule has 0 amide bonds. The van der Waals surface area contributed by atoms with E-state index in [1.807, 2.05) is 32.0 Å². The molecule has 0 aliphatic heterocycles. The molecule has 0 saturated carbocycles. The maximum absolute atomic E-state index is 12.2. The highest BCUT2D eigenvalue weighted by atomic mass is 16.5. The van der Waals surface area contributed by atoms with Crippen LogP contribution in [0.25, 0.3) is 21.9 Å². The lowest BCUT2D eigenvalue weighted by Crippen LogP contribution is -2.12. The molecule has 31 heavy (non-hydrogen) atoms. The van der Waals surface area contributed by atoms with Gasteiger partial charge in [0.15, 0.2) is 0 Å². The van der Waals surface area contributed by atoms with E-state index in [9.17, 15) is 14.4 Å². The fourth-order valence-corrected chi connectivity index (χ4v) is 3.49. The van der Waals surface area contributed by atoms with E-state index in [0.29, 0.717) is 40.7 Å². The summed E-state index contributed by atoms with van der Waals surface area (Å²) in [5.41, 5.74) is 3.13. The van der Waals surface area contributed by atoms with Crippen LogP contribution in [0.2, 0.25) is 0 Å². The average molecular weight is 418 g/mol. The van der Waals surface area contributed by atoms with Crippen molar-refractivity contribution in [2.75, 3.05) is 0 Å². The summed E-state index contributed by atoms with van der Waals surface area (Å²) in [6, 6.07) is 12.2. The van der Waals surface area contributed by atoms with Gasteiger partial charge < -0.3 is 14.1 Å². The molecule has 0 fully saturated rings. The molecule has 0 spiro atoms. The summed E-state index contributed by atoms with van der Waals surface area (Å²) in [4.78, 5) is 43.4. The standard InChI is InChI=1S/C24H22N2O5/c1-14-10-18-16(12-23(28)31-20(18)11-15(14)2)13-30-22(27)9-5-8-21-25-19-7-4-3-6-17(19)24(29)26-21/h3-4,6-7,10-12H,5,8-9,13H2,1-2H3,(H,25,26,29). The first-order valence-electron chi connectivity index (χ1n) is 10.1. The highest BCUT2D eigenvalue weighted by Gasteiger charge is 2.11. The van der Waals surface area contributed by atoms with Crippen molar-refractivity contribution in [2.24, 2.45) is 0 Å². The topological polar surface area (TPSA) is 102 Å². The van der Waals surface area contributed by atoms with Crippen LogP contribution in [0.3, 0.4) is 0 Å². The van der Waals surface area contributed by atoms with E-state index in [1.54, 1.807) is 18.2 Å². The first-order chi connectivity index (χ1) is 14.9. The molecule has 158 valence electrons. The van der Waals surface area contributed by atoms with Crippen LogP contribution in [0.4, 0.5) is 0 Å². The number of hydrogen-bond acceptors (Lipinski definition) is 6. The van der Waals surface area contributed by atoms with Crippen molar-refractivity contribution in [3.8, 4) is 0 Å². The number of carbonyl (C=O) groups excluding carboxylic acids is 1. The van der Waals surface area contributed by atoms with Crippen LogP contribution in [0.5, 0.6) is 0 Å². The van der Waals surface area contributed by atoms with Gasteiger partial charge in [0, 0.05) is 29.9 Å². The molecule has 0 unspecified atom stereocenters. The highest BCUT2D eigenvalue weighted by molar-refractivity contribution is 5.82. The van der Waals surface area contributed by atoms with Gasteiger partial charge in [-0.15, -0.1) is 0 Å². The third kappa shape index (κ3) is 4.55. The SMILES string of the molecule is Cc1cc2oc(=O)cc(COC(=O)CCCc3nc4ccccc4c(=O)[nH]3)c2cc1C. The van der Waals surface area contributed by atoms with Gasteiger partial charge in [-0.25, -0.2) is 9.78 Å². The van der Waals surface area contributed by atoms with Crippen molar-refractivity contribution in [2.45, 2.75) is 39.7 Å². The zero-order valence-corrected chi connectivity index (χ0v) is 17.4. The molecule has 0 aliphatic rings. The number of benzene rings is 2. The summed E-state index contributed by atoms with van der Waals surface area (Å²) < 4.78 is 10.6. The van der Waals surface area contributed by atoms with Crippen LogP contribution >= 0.6 is 0 Å². The van der Waals surface area contributed by atoms with E-state index in [4.69, 9.17) is 9.15 Å². The number of carbonyl (C=O) groups is 1. The van der Waals surface area contributed by atoms with Crippen LogP contribution in [0, 0.1) is 13.8 Å². The van der Waals surface area contributed by atoms with Crippen LogP contribution in [-0.4, -0.2) is 15.9 Å². The van der Waals surface area contributed by atoms with Crippen LogP contribution in [0.1, 0.15) is 35.4 Å². The minimum atomic E-state index is -0.479. The molecule has 0 bridgehead atoms. The molecule has 2 aromatic heterocycles. The lowest BCUT2D eigenvalue weighted by atomic mass is 10.0. The van der Waals surface area contributed by atoms with E-state index in [1.165, 1.54) is 6.07 Å². The summed E-state index contributed by atoms with van der Waals surface area (Å²) >= 11 is 0. The Hall–Kier alpha value is -3.74. The van der Waals surface area contributed by atoms with Gasteiger partial charge in [-0.05, 0) is 55.7 Å². The first-order valence-corrected chi connectivity index (χ1v) is 10.1. The van der Waals surface area contributed by atoms with E-state index in [2.05, 4.69) is 9.97 Å². The smallest absolute Gasteiger partial charge is 0.336 e. The normalized spacial score (nSPS) is 11.2. The molecule has 0 atom stereocenters. The summed E-state index contributed by atoms with van der Waals surface area (Å²) in [5.74, 6) is 0.155. The lowest BCUT2D eigenvalue weighted by Gasteiger charge is -2.09. The Labute approximate surface area is 177 Å². The zero-order valence-electron chi connectivity index (χ0n) is 17.4. The van der Waals surface area contributed by atoms with Crippen molar-refractivity contribution in [3.05, 3.63) is 85.8 Å². The number of esters is 1. The maximum Gasteiger partial charge on any atom is 0.336 e. The second-order valence-corrected chi connectivity index (χ2v) is 7.57. The number of aromatic nitrogens is 2. The van der Waals surface area contributed by atoms with Gasteiger partial charge in [0.25, 0.3) is 5.56 Å². The summed E-state index contributed by atoms with van der Waals surface area (Å²) in [6.07, 6.45) is 1.11. The number of fused-ring (bicyclic) bond motifs is 2. The first kappa shape index (κ1) is 20.5. The molecular weight excluding hydrogens is 396 g/mol. The van der Waals surface area contributed by atoms with E-state index >= 15 is 0 Å². The molecule has 0 saturated heterocycles. The Bertz CT molecular complexity index is 1400. The quantitative estimate of drug-likeness (QED) is 0.378. The number of hydrogen-bond donors (Lipinski definition) is 1. The van der Waals surface area contributed by atoms with Crippen molar-refractivity contribution in [3.63, 3.8) is 0 Å². The summed E-state index contributed by atoms with van der Waals surface area (Å²) in [7, 11) is 0. The molecule has 7 heteroatoms. The minimum Gasteiger partial charge on any atom is -0.461 e. The Balaban J connectivity index is 1.39. The number of ether oxygens (including phenoxy) is 1. The van der Waals surface area contributed by atoms with Gasteiger partial charge in [-0.3, -0.25) is 9.59 Å². The highest BCUT2D eigenvalue weighted by Crippen LogP contribution is 2.22. The number of nitrogens with zero attached hydrogens (tertiary/aromatic N) is 1. The number of nitrogens with one attached hydrogen (secondary N) is 1. The summed E-state index contributed by atoms with van der Waals surface area (Å²) in [5, 5.41) is 1.30. The zero-order chi connectivity index (χ0) is 22.0. The van der Waals surface area contributed by atoms with Crippen LogP contribution < -0.4 is 11.2 Å². The molecule has 2 aromatic carbocycles. The van der Waals surface area contributed by atoms with E-state index < -0.39 is 5.63 Å².